The molecule has 0 bridgehead atoms. The molecule has 0 amide bonds. The molecule has 0 aliphatic rings. The molecular formula is C18H15FN4O5S. The smallest absolute Gasteiger partial charge is 0.342 e. The van der Waals surface area contributed by atoms with Crippen LogP contribution in [0.5, 0.6) is 0 Å². The number of aliphatic carboxylic acids is 1. The van der Waals surface area contributed by atoms with Crippen molar-refractivity contribution >= 4 is 29.5 Å². The van der Waals surface area contributed by atoms with Crippen LogP contribution in [-0.2, 0) is 11.2 Å². The molecule has 0 aliphatic carbocycles. The summed E-state index contributed by atoms with van der Waals surface area (Å²) >= 11 is 0.861. The fraction of sp³-hybridized carbons (Fsp3) is 0.167. The van der Waals surface area contributed by atoms with Gasteiger partial charge in [-0.3, -0.25) is 15.2 Å². The zero-order valence-electron chi connectivity index (χ0n) is 15.1. The van der Waals surface area contributed by atoms with Crippen LogP contribution in [0.1, 0.15) is 24.9 Å². The largest absolute Gasteiger partial charge is 0.477 e. The van der Waals surface area contributed by atoms with E-state index in [2.05, 4.69) is 15.2 Å². The topological polar surface area (TPSA) is 135 Å². The van der Waals surface area contributed by atoms with Gasteiger partial charge in [-0.15, -0.1) is 5.10 Å². The first-order chi connectivity index (χ1) is 13.9. The summed E-state index contributed by atoms with van der Waals surface area (Å²) in [5.74, 6) is -1.03. The van der Waals surface area contributed by atoms with E-state index in [0.29, 0.717) is 17.8 Å². The second-order valence-electron chi connectivity index (χ2n) is 5.86. The second-order valence-corrected chi connectivity index (χ2v) is 6.86. The van der Waals surface area contributed by atoms with Gasteiger partial charge in [-0.05, 0) is 42.4 Å². The molecule has 3 rings (SSSR count). The molecule has 0 unspecified atom stereocenters. The summed E-state index contributed by atoms with van der Waals surface area (Å²) in [5.41, 5.74) is -0.384. The summed E-state index contributed by atoms with van der Waals surface area (Å²) in [5, 5.41) is 27.3. The lowest BCUT2D eigenvalue weighted by Crippen LogP contribution is -1.97. The second kappa shape index (κ2) is 8.69. The Hall–Kier alpha value is -3.47. The van der Waals surface area contributed by atoms with Crippen molar-refractivity contribution in [1.82, 2.24) is 15.2 Å². The van der Waals surface area contributed by atoms with E-state index in [9.17, 15) is 24.4 Å². The van der Waals surface area contributed by atoms with Crippen LogP contribution in [0.2, 0.25) is 0 Å². The first-order valence-corrected chi connectivity index (χ1v) is 9.27. The van der Waals surface area contributed by atoms with E-state index < -0.39 is 22.4 Å². The van der Waals surface area contributed by atoms with Gasteiger partial charge in [0.05, 0.1) is 4.92 Å². The highest BCUT2D eigenvalue weighted by molar-refractivity contribution is 8.04. The molecule has 2 N–H and O–H groups in total. The van der Waals surface area contributed by atoms with Crippen molar-refractivity contribution in [3.05, 3.63) is 62.8 Å². The van der Waals surface area contributed by atoms with Gasteiger partial charge >= 0.3 is 11.7 Å². The molecule has 3 aromatic rings. The third-order valence-corrected chi connectivity index (χ3v) is 4.62. The van der Waals surface area contributed by atoms with Gasteiger partial charge in [0.2, 0.25) is 11.0 Å². The number of carboxylic acids is 1. The Kier molecular flexibility index (Phi) is 6.07. The van der Waals surface area contributed by atoms with Crippen LogP contribution in [0.4, 0.5) is 10.1 Å². The summed E-state index contributed by atoms with van der Waals surface area (Å²) < 4.78 is 19.1. The average molecular weight is 418 g/mol. The van der Waals surface area contributed by atoms with Crippen molar-refractivity contribution in [2.45, 2.75) is 24.9 Å². The lowest BCUT2D eigenvalue weighted by molar-refractivity contribution is -0.387. The molecule has 0 saturated carbocycles. The molecule has 11 heteroatoms. The number of nitrogens with one attached hydrogen (secondary N) is 1. The van der Waals surface area contributed by atoms with Crippen molar-refractivity contribution < 1.29 is 23.6 Å². The maximum absolute atomic E-state index is 13.5. The number of carbonyl (C=O) groups is 1. The number of aryl methyl sites for hydroxylation is 1. The van der Waals surface area contributed by atoms with Crippen molar-refractivity contribution in [2.24, 2.45) is 0 Å². The fourth-order valence-corrected chi connectivity index (χ4v) is 3.13. The molecule has 9 nitrogen and oxygen atoms in total. The maximum Gasteiger partial charge on any atom is 0.342 e. The number of hydrogen-bond acceptors (Lipinski definition) is 7. The standard InChI is InChI=1S/C18H15FN4O5S/c1-2-3-16-20-18(22-21-16)29-15(17(24)25)9-11-5-7-14(28-11)10-4-6-12(19)13(8-10)23(26)27/h4-9H,2-3H2,1H3,(H,24,25)(H,20,21,22)/b15-9-. The van der Waals surface area contributed by atoms with Gasteiger partial charge in [0, 0.05) is 24.1 Å². The highest BCUT2D eigenvalue weighted by Gasteiger charge is 2.18. The monoisotopic (exact) mass is 418 g/mol. The van der Waals surface area contributed by atoms with Crippen LogP contribution in [0.15, 0.2) is 44.8 Å². The zero-order valence-corrected chi connectivity index (χ0v) is 15.9. The minimum atomic E-state index is -1.19. The Labute approximate surface area is 167 Å². The SMILES string of the molecule is CCCc1nc(S/C(=C\c2ccc(-c3ccc(F)c([N+](=O)[O-])c3)o2)C(=O)O)n[nH]1. The normalized spacial score (nSPS) is 11.6. The third-order valence-electron chi connectivity index (χ3n) is 3.74. The van der Waals surface area contributed by atoms with Crippen LogP contribution in [0.3, 0.4) is 0 Å². The fourth-order valence-electron chi connectivity index (χ4n) is 2.43. The molecular weight excluding hydrogens is 403 g/mol. The number of aromatic nitrogens is 3. The summed E-state index contributed by atoms with van der Waals surface area (Å²) in [6.45, 7) is 1.99. The quantitative estimate of drug-likeness (QED) is 0.239. The van der Waals surface area contributed by atoms with Gasteiger partial charge in [-0.25, -0.2) is 9.78 Å². The molecule has 29 heavy (non-hydrogen) atoms. The number of nitro groups is 1. The number of nitro benzene ring substituents is 1. The number of thioether (sulfide) groups is 1. The predicted molar refractivity (Wildman–Crippen MR) is 103 cm³/mol. The van der Waals surface area contributed by atoms with Crippen molar-refractivity contribution in [2.75, 3.05) is 0 Å². The van der Waals surface area contributed by atoms with Gasteiger partial charge < -0.3 is 9.52 Å². The molecule has 0 spiro atoms. The molecule has 1 aromatic carbocycles. The minimum absolute atomic E-state index is 0.0713. The van der Waals surface area contributed by atoms with E-state index in [0.717, 1.165) is 30.3 Å². The van der Waals surface area contributed by atoms with E-state index in [1.165, 1.54) is 24.3 Å². The van der Waals surface area contributed by atoms with Gasteiger partial charge in [0.25, 0.3) is 0 Å². The zero-order chi connectivity index (χ0) is 21.0. The molecule has 2 heterocycles. The Balaban J connectivity index is 1.85. The summed E-state index contributed by atoms with van der Waals surface area (Å²) in [4.78, 5) is 25.8. The van der Waals surface area contributed by atoms with E-state index >= 15 is 0 Å². The maximum atomic E-state index is 13.5. The number of benzene rings is 1. The van der Waals surface area contributed by atoms with Gasteiger partial charge in [0.15, 0.2) is 0 Å². The van der Waals surface area contributed by atoms with E-state index in [1.807, 2.05) is 6.92 Å². The van der Waals surface area contributed by atoms with Gasteiger partial charge in [-0.1, -0.05) is 6.92 Å². The molecule has 0 saturated heterocycles. The lowest BCUT2D eigenvalue weighted by atomic mass is 10.1. The first kappa shape index (κ1) is 20.3. The third kappa shape index (κ3) is 4.88. The Morgan fingerprint density at radius 3 is 2.90 bits per heavy atom. The van der Waals surface area contributed by atoms with Gasteiger partial charge in [0.1, 0.15) is 22.3 Å². The highest BCUT2D eigenvalue weighted by Crippen LogP contribution is 2.30. The predicted octanol–water partition coefficient (Wildman–Crippen LogP) is 4.28. The lowest BCUT2D eigenvalue weighted by Gasteiger charge is -1.99. The van der Waals surface area contributed by atoms with Gasteiger partial charge in [-0.2, -0.15) is 4.39 Å². The van der Waals surface area contributed by atoms with Crippen molar-refractivity contribution in [3.63, 3.8) is 0 Å². The summed E-state index contributed by atoms with van der Waals surface area (Å²) in [7, 11) is 0. The van der Waals surface area contributed by atoms with Crippen molar-refractivity contribution in [1.29, 1.82) is 0 Å². The molecule has 0 fully saturated rings. The van der Waals surface area contributed by atoms with Crippen LogP contribution in [0, 0.1) is 15.9 Å². The van der Waals surface area contributed by atoms with E-state index in [1.54, 1.807) is 0 Å². The van der Waals surface area contributed by atoms with Crippen molar-refractivity contribution in [3.8, 4) is 11.3 Å². The van der Waals surface area contributed by atoms with Crippen LogP contribution >= 0.6 is 11.8 Å². The number of halogens is 1. The number of aromatic amines is 1. The summed E-state index contributed by atoms with van der Waals surface area (Å²) in [6.07, 6.45) is 2.87. The minimum Gasteiger partial charge on any atom is -0.477 e. The number of carboxylic acid groups (broad SMARTS) is 1. The Bertz CT molecular complexity index is 1090. The molecule has 0 atom stereocenters. The van der Waals surface area contributed by atoms with E-state index in [4.69, 9.17) is 4.42 Å². The van der Waals surface area contributed by atoms with Crippen LogP contribution < -0.4 is 0 Å². The number of furan rings is 1. The molecule has 150 valence electrons. The number of rotatable bonds is 8. The highest BCUT2D eigenvalue weighted by atomic mass is 32.2. The Morgan fingerprint density at radius 1 is 1.41 bits per heavy atom. The van der Waals surface area contributed by atoms with Crippen LogP contribution in [-0.4, -0.2) is 31.2 Å². The van der Waals surface area contributed by atoms with Crippen LogP contribution in [0.25, 0.3) is 17.4 Å². The first-order valence-electron chi connectivity index (χ1n) is 8.45. The number of H-pyrrole nitrogens is 1. The van der Waals surface area contributed by atoms with E-state index in [-0.39, 0.29) is 21.6 Å². The number of hydrogen-bond donors (Lipinski definition) is 2. The number of nitrogens with zero attached hydrogens (tertiary/aromatic N) is 3. The molecule has 0 radical (unpaired) electrons. The average Bonchev–Trinajstić information content (AvgIpc) is 3.31. The Morgan fingerprint density at radius 2 is 2.21 bits per heavy atom. The molecule has 0 aliphatic heterocycles. The molecule has 2 aromatic heterocycles. The summed E-state index contributed by atoms with van der Waals surface area (Å²) in [6, 6.07) is 6.39.